The fourth-order valence-corrected chi connectivity index (χ4v) is 1.98. The Hall–Kier alpha value is -0.0800. The van der Waals surface area contributed by atoms with Gasteiger partial charge < -0.3 is 9.64 Å². The topological polar surface area (TPSA) is 12.5 Å². The van der Waals surface area contributed by atoms with Crippen molar-refractivity contribution in [3.8, 4) is 0 Å². The van der Waals surface area contributed by atoms with E-state index in [0.717, 1.165) is 13.2 Å². The number of hydrogen-bond donors (Lipinski definition) is 0. The molecule has 0 N–H and O–H groups in total. The highest BCUT2D eigenvalue weighted by molar-refractivity contribution is 4.95. The summed E-state index contributed by atoms with van der Waals surface area (Å²) in [4.78, 5) is 2.56. The summed E-state index contributed by atoms with van der Waals surface area (Å²) in [5.74, 6) is 0. The minimum absolute atomic E-state index is 0.529. The van der Waals surface area contributed by atoms with Gasteiger partial charge in [0.15, 0.2) is 0 Å². The Morgan fingerprint density at radius 2 is 1.93 bits per heavy atom. The Bertz CT molecular complexity index is 154. The quantitative estimate of drug-likeness (QED) is 0.595. The first-order valence-corrected chi connectivity index (χ1v) is 6.06. The molecule has 0 amide bonds. The van der Waals surface area contributed by atoms with E-state index in [1.54, 1.807) is 0 Å². The minimum atomic E-state index is 0.529. The Kier molecular flexibility index (Phi) is 4.90. The second-order valence-electron chi connectivity index (χ2n) is 4.51. The fraction of sp³-hybridized carbons (Fsp3) is 1.00. The summed E-state index contributed by atoms with van der Waals surface area (Å²) in [5, 5.41) is 0. The van der Waals surface area contributed by atoms with Gasteiger partial charge in [-0.25, -0.2) is 0 Å². The second kappa shape index (κ2) is 5.72. The van der Waals surface area contributed by atoms with Crippen molar-refractivity contribution in [3.05, 3.63) is 0 Å². The molecule has 0 radical (unpaired) electrons. The summed E-state index contributed by atoms with van der Waals surface area (Å²) in [6.07, 6.45) is 4.00. The van der Waals surface area contributed by atoms with Crippen LogP contribution in [0.3, 0.4) is 0 Å². The SMILES string of the molecule is CCCN(CC)CC1(COCC)CC1. The molecule has 0 aromatic rings. The van der Waals surface area contributed by atoms with Crippen LogP contribution in [0.2, 0.25) is 0 Å². The molecular formula is C12H25NO. The predicted molar refractivity (Wildman–Crippen MR) is 60.6 cm³/mol. The third-order valence-corrected chi connectivity index (χ3v) is 3.12. The molecule has 0 atom stereocenters. The van der Waals surface area contributed by atoms with Crippen molar-refractivity contribution in [2.45, 2.75) is 40.0 Å². The predicted octanol–water partition coefficient (Wildman–Crippen LogP) is 2.54. The van der Waals surface area contributed by atoms with E-state index in [4.69, 9.17) is 4.74 Å². The Labute approximate surface area is 88.6 Å². The number of ether oxygens (including phenoxy) is 1. The smallest absolute Gasteiger partial charge is 0.0534 e. The van der Waals surface area contributed by atoms with Crippen LogP contribution in [-0.4, -0.2) is 37.7 Å². The van der Waals surface area contributed by atoms with Crippen molar-refractivity contribution in [3.63, 3.8) is 0 Å². The van der Waals surface area contributed by atoms with E-state index in [1.165, 1.54) is 38.9 Å². The van der Waals surface area contributed by atoms with Crippen LogP contribution in [-0.2, 0) is 4.74 Å². The molecule has 0 spiro atoms. The highest BCUT2D eigenvalue weighted by Crippen LogP contribution is 2.46. The molecule has 1 rings (SSSR count). The molecule has 0 aliphatic heterocycles. The minimum Gasteiger partial charge on any atom is -0.381 e. The molecule has 0 unspecified atom stereocenters. The first-order chi connectivity index (χ1) is 6.76. The zero-order chi connectivity index (χ0) is 10.4. The summed E-state index contributed by atoms with van der Waals surface area (Å²) < 4.78 is 5.56. The van der Waals surface area contributed by atoms with E-state index < -0.39 is 0 Å². The third-order valence-electron chi connectivity index (χ3n) is 3.12. The van der Waals surface area contributed by atoms with Gasteiger partial charge in [0.1, 0.15) is 0 Å². The normalized spacial score (nSPS) is 18.9. The van der Waals surface area contributed by atoms with Crippen molar-refractivity contribution in [2.75, 3.05) is 32.8 Å². The fourth-order valence-electron chi connectivity index (χ4n) is 1.98. The van der Waals surface area contributed by atoms with Crippen LogP contribution in [0.25, 0.3) is 0 Å². The molecule has 0 heterocycles. The molecule has 0 bridgehead atoms. The van der Waals surface area contributed by atoms with Gasteiger partial charge in [0, 0.05) is 18.6 Å². The lowest BCUT2D eigenvalue weighted by Gasteiger charge is -2.25. The highest BCUT2D eigenvalue weighted by atomic mass is 16.5. The van der Waals surface area contributed by atoms with E-state index in [9.17, 15) is 0 Å². The summed E-state index contributed by atoms with van der Waals surface area (Å²) in [6.45, 7) is 12.1. The van der Waals surface area contributed by atoms with E-state index in [2.05, 4.69) is 25.7 Å². The van der Waals surface area contributed by atoms with Crippen LogP contribution in [0.15, 0.2) is 0 Å². The Balaban J connectivity index is 2.26. The van der Waals surface area contributed by atoms with Crippen LogP contribution in [0.5, 0.6) is 0 Å². The van der Waals surface area contributed by atoms with Crippen LogP contribution < -0.4 is 0 Å². The average Bonchev–Trinajstić information content (AvgIpc) is 2.95. The maximum absolute atomic E-state index is 5.56. The van der Waals surface area contributed by atoms with Gasteiger partial charge in [-0.15, -0.1) is 0 Å². The molecule has 1 fully saturated rings. The molecule has 2 heteroatoms. The average molecular weight is 199 g/mol. The van der Waals surface area contributed by atoms with E-state index in [1.807, 2.05) is 0 Å². The monoisotopic (exact) mass is 199 g/mol. The molecule has 1 aliphatic rings. The second-order valence-corrected chi connectivity index (χ2v) is 4.51. The maximum atomic E-state index is 5.56. The molecule has 84 valence electrons. The van der Waals surface area contributed by atoms with Gasteiger partial charge in [-0.1, -0.05) is 13.8 Å². The van der Waals surface area contributed by atoms with Crippen molar-refractivity contribution < 1.29 is 4.74 Å². The molecule has 1 saturated carbocycles. The van der Waals surface area contributed by atoms with Gasteiger partial charge in [0.25, 0.3) is 0 Å². The molecule has 2 nitrogen and oxygen atoms in total. The molecule has 14 heavy (non-hydrogen) atoms. The van der Waals surface area contributed by atoms with Gasteiger partial charge in [0.05, 0.1) is 6.61 Å². The lowest BCUT2D eigenvalue weighted by atomic mass is 10.1. The molecule has 0 aromatic heterocycles. The summed E-state index contributed by atoms with van der Waals surface area (Å²) in [5.41, 5.74) is 0.529. The van der Waals surface area contributed by atoms with E-state index in [0.29, 0.717) is 5.41 Å². The number of nitrogens with zero attached hydrogens (tertiary/aromatic N) is 1. The lowest BCUT2D eigenvalue weighted by molar-refractivity contribution is 0.0794. The van der Waals surface area contributed by atoms with E-state index >= 15 is 0 Å². The van der Waals surface area contributed by atoms with Crippen molar-refractivity contribution in [1.29, 1.82) is 0 Å². The van der Waals surface area contributed by atoms with E-state index in [-0.39, 0.29) is 0 Å². The molecule has 0 saturated heterocycles. The Morgan fingerprint density at radius 3 is 2.36 bits per heavy atom. The van der Waals surface area contributed by atoms with Crippen LogP contribution in [0, 0.1) is 5.41 Å². The summed E-state index contributed by atoms with van der Waals surface area (Å²) in [7, 11) is 0. The van der Waals surface area contributed by atoms with Gasteiger partial charge in [-0.2, -0.15) is 0 Å². The molecule has 1 aliphatic carbocycles. The van der Waals surface area contributed by atoms with Crippen molar-refractivity contribution in [1.82, 2.24) is 4.90 Å². The molecule has 0 aromatic carbocycles. The zero-order valence-corrected chi connectivity index (χ0v) is 10.0. The van der Waals surface area contributed by atoms with Gasteiger partial charge >= 0.3 is 0 Å². The first kappa shape index (κ1) is 12.0. The largest absolute Gasteiger partial charge is 0.381 e. The van der Waals surface area contributed by atoms with Gasteiger partial charge in [-0.05, 0) is 39.3 Å². The highest BCUT2D eigenvalue weighted by Gasteiger charge is 2.43. The standard InChI is InChI=1S/C12H25NO/c1-4-9-13(5-2)10-12(7-8-12)11-14-6-3/h4-11H2,1-3H3. The summed E-state index contributed by atoms with van der Waals surface area (Å²) in [6, 6.07) is 0. The van der Waals surface area contributed by atoms with Crippen LogP contribution in [0.4, 0.5) is 0 Å². The lowest BCUT2D eigenvalue weighted by Crippen LogP contribution is -2.33. The number of rotatable bonds is 8. The van der Waals surface area contributed by atoms with Crippen LogP contribution >= 0.6 is 0 Å². The third kappa shape index (κ3) is 3.58. The number of hydrogen-bond acceptors (Lipinski definition) is 2. The summed E-state index contributed by atoms with van der Waals surface area (Å²) >= 11 is 0. The Morgan fingerprint density at radius 1 is 1.21 bits per heavy atom. The zero-order valence-electron chi connectivity index (χ0n) is 10.0. The van der Waals surface area contributed by atoms with Crippen LogP contribution in [0.1, 0.15) is 40.0 Å². The maximum Gasteiger partial charge on any atom is 0.0534 e. The molecular weight excluding hydrogens is 174 g/mol. The van der Waals surface area contributed by atoms with Crippen molar-refractivity contribution >= 4 is 0 Å². The van der Waals surface area contributed by atoms with Gasteiger partial charge in [0.2, 0.25) is 0 Å². The van der Waals surface area contributed by atoms with Gasteiger partial charge in [-0.3, -0.25) is 0 Å². The van der Waals surface area contributed by atoms with Crippen molar-refractivity contribution in [2.24, 2.45) is 5.41 Å². The first-order valence-electron chi connectivity index (χ1n) is 6.06.